The fourth-order valence-electron chi connectivity index (χ4n) is 4.59. The summed E-state index contributed by atoms with van der Waals surface area (Å²) in [4.78, 5) is 37.8. The number of nitrogens with zero attached hydrogens (tertiary/aromatic N) is 4. The molecule has 1 amide bonds. The molecule has 8 heteroatoms. The van der Waals surface area contributed by atoms with Crippen molar-refractivity contribution in [1.29, 1.82) is 0 Å². The van der Waals surface area contributed by atoms with Crippen LogP contribution in [0.2, 0.25) is 0 Å². The number of piperidine rings is 1. The quantitative estimate of drug-likeness (QED) is 0.679. The minimum Gasteiger partial charge on any atom is -0.459 e. The SMILES string of the molecule is CN(C)c1ncc(-c2cccc(F)c2)c(C2CCN(C(=O)C3CC(=O)OC3(C)C)CC2)n1. The van der Waals surface area contributed by atoms with Gasteiger partial charge in [-0.3, -0.25) is 9.59 Å². The van der Waals surface area contributed by atoms with E-state index in [9.17, 15) is 14.0 Å². The molecular formula is C24H29FN4O3. The van der Waals surface area contributed by atoms with Crippen molar-refractivity contribution >= 4 is 17.8 Å². The maximum absolute atomic E-state index is 13.9. The normalized spacial score (nSPS) is 20.8. The monoisotopic (exact) mass is 440 g/mol. The zero-order valence-electron chi connectivity index (χ0n) is 19.0. The maximum Gasteiger partial charge on any atom is 0.307 e. The first-order valence-electron chi connectivity index (χ1n) is 11.0. The summed E-state index contributed by atoms with van der Waals surface area (Å²) in [5.74, 6) is -0.382. The minimum absolute atomic E-state index is 0.0266. The number of amides is 1. The average Bonchev–Trinajstić information content (AvgIpc) is 3.04. The van der Waals surface area contributed by atoms with Gasteiger partial charge in [0.25, 0.3) is 0 Å². The Labute approximate surface area is 187 Å². The number of hydrogen-bond acceptors (Lipinski definition) is 6. The van der Waals surface area contributed by atoms with Crippen molar-refractivity contribution in [3.05, 3.63) is 42.0 Å². The molecule has 2 saturated heterocycles. The Morgan fingerprint density at radius 1 is 1.25 bits per heavy atom. The van der Waals surface area contributed by atoms with Crippen LogP contribution < -0.4 is 4.90 Å². The summed E-state index contributed by atoms with van der Waals surface area (Å²) in [5.41, 5.74) is 1.66. The highest BCUT2D eigenvalue weighted by molar-refractivity contribution is 5.87. The second-order valence-corrected chi connectivity index (χ2v) is 9.31. The van der Waals surface area contributed by atoms with E-state index in [4.69, 9.17) is 9.72 Å². The van der Waals surface area contributed by atoms with Crippen molar-refractivity contribution < 1.29 is 18.7 Å². The van der Waals surface area contributed by atoms with Crippen LogP contribution in [-0.2, 0) is 14.3 Å². The smallest absolute Gasteiger partial charge is 0.307 e. The van der Waals surface area contributed by atoms with Gasteiger partial charge in [0.2, 0.25) is 11.9 Å². The topological polar surface area (TPSA) is 75.6 Å². The molecular weight excluding hydrogens is 411 g/mol. The van der Waals surface area contributed by atoms with Gasteiger partial charge in [0, 0.05) is 44.9 Å². The van der Waals surface area contributed by atoms with E-state index in [-0.39, 0.29) is 30.0 Å². The summed E-state index contributed by atoms with van der Waals surface area (Å²) < 4.78 is 19.2. The molecule has 2 aromatic rings. The van der Waals surface area contributed by atoms with E-state index in [1.165, 1.54) is 12.1 Å². The van der Waals surface area contributed by atoms with E-state index in [0.29, 0.717) is 19.0 Å². The molecule has 170 valence electrons. The third-order valence-electron chi connectivity index (χ3n) is 6.42. The van der Waals surface area contributed by atoms with Gasteiger partial charge in [-0.15, -0.1) is 0 Å². The summed E-state index contributed by atoms with van der Waals surface area (Å²) in [7, 11) is 3.77. The maximum atomic E-state index is 13.9. The third-order valence-corrected chi connectivity index (χ3v) is 6.42. The number of cyclic esters (lactones) is 1. The largest absolute Gasteiger partial charge is 0.459 e. The van der Waals surface area contributed by atoms with Crippen molar-refractivity contribution in [2.45, 2.75) is 44.6 Å². The van der Waals surface area contributed by atoms with Crippen molar-refractivity contribution in [3.8, 4) is 11.1 Å². The number of rotatable bonds is 4. The van der Waals surface area contributed by atoms with Gasteiger partial charge in [0.05, 0.1) is 18.0 Å². The first kappa shape index (κ1) is 22.2. The van der Waals surface area contributed by atoms with E-state index in [0.717, 1.165) is 29.7 Å². The molecule has 1 aromatic carbocycles. The van der Waals surface area contributed by atoms with E-state index >= 15 is 0 Å². The fourth-order valence-corrected chi connectivity index (χ4v) is 4.59. The number of hydrogen-bond donors (Lipinski definition) is 0. The van der Waals surface area contributed by atoms with Gasteiger partial charge in [0.1, 0.15) is 11.4 Å². The molecule has 0 radical (unpaired) electrons. The molecule has 4 rings (SSSR count). The minimum atomic E-state index is -0.775. The van der Waals surface area contributed by atoms with Crippen LogP contribution in [0.5, 0.6) is 0 Å². The van der Waals surface area contributed by atoms with Crippen molar-refractivity contribution in [2.24, 2.45) is 5.92 Å². The van der Waals surface area contributed by atoms with Gasteiger partial charge in [-0.25, -0.2) is 14.4 Å². The molecule has 0 N–H and O–H groups in total. The van der Waals surface area contributed by atoms with Crippen LogP contribution >= 0.6 is 0 Å². The van der Waals surface area contributed by atoms with E-state index in [1.54, 1.807) is 26.1 Å². The molecule has 32 heavy (non-hydrogen) atoms. The molecule has 2 aliphatic heterocycles. The number of benzene rings is 1. The van der Waals surface area contributed by atoms with Crippen LogP contribution in [0.1, 0.15) is 44.7 Å². The van der Waals surface area contributed by atoms with E-state index in [1.807, 2.05) is 30.0 Å². The number of likely N-dealkylation sites (tertiary alicyclic amines) is 1. The van der Waals surface area contributed by atoms with Gasteiger partial charge >= 0.3 is 5.97 Å². The molecule has 1 aromatic heterocycles. The molecule has 0 bridgehead atoms. The molecule has 7 nitrogen and oxygen atoms in total. The van der Waals surface area contributed by atoms with Gasteiger partial charge in [0.15, 0.2) is 0 Å². The van der Waals surface area contributed by atoms with E-state index in [2.05, 4.69) is 4.98 Å². The standard InChI is InChI=1S/C24H29FN4O3/c1-24(2)19(13-20(30)32-24)22(31)29-10-8-15(9-11-29)21-18(14-26-23(27-21)28(3)4)16-6-5-7-17(25)12-16/h5-7,12,14-15,19H,8-11,13H2,1-4H3. The summed E-state index contributed by atoms with van der Waals surface area (Å²) in [6.45, 7) is 4.74. The second kappa shape index (κ2) is 8.48. The molecule has 1 atom stereocenters. The Balaban J connectivity index is 1.56. The molecule has 2 aliphatic rings. The number of carbonyl (C=O) groups is 2. The van der Waals surface area contributed by atoms with Gasteiger partial charge in [-0.1, -0.05) is 12.1 Å². The Bertz CT molecular complexity index is 1030. The predicted octanol–water partition coefficient (Wildman–Crippen LogP) is 3.40. The first-order valence-corrected chi connectivity index (χ1v) is 11.0. The predicted molar refractivity (Wildman–Crippen MR) is 119 cm³/mol. The molecule has 0 saturated carbocycles. The lowest BCUT2D eigenvalue weighted by atomic mass is 9.86. The lowest BCUT2D eigenvalue weighted by Crippen LogP contribution is -2.46. The fraction of sp³-hybridized carbons (Fsp3) is 0.500. The number of ether oxygens (including phenoxy) is 1. The van der Waals surface area contributed by atoms with Crippen LogP contribution in [0, 0.1) is 11.7 Å². The number of carbonyl (C=O) groups excluding carboxylic acids is 2. The lowest BCUT2D eigenvalue weighted by molar-refractivity contribution is -0.149. The summed E-state index contributed by atoms with van der Waals surface area (Å²) in [5, 5.41) is 0. The highest BCUT2D eigenvalue weighted by Crippen LogP contribution is 2.38. The average molecular weight is 441 g/mol. The summed E-state index contributed by atoms with van der Waals surface area (Å²) in [6.07, 6.45) is 3.36. The van der Waals surface area contributed by atoms with Crippen LogP contribution in [0.25, 0.3) is 11.1 Å². The molecule has 2 fully saturated rings. The number of halogens is 1. The second-order valence-electron chi connectivity index (χ2n) is 9.31. The van der Waals surface area contributed by atoms with Crippen LogP contribution in [0.15, 0.2) is 30.5 Å². The van der Waals surface area contributed by atoms with Crippen molar-refractivity contribution in [1.82, 2.24) is 14.9 Å². The zero-order chi connectivity index (χ0) is 23.0. The highest BCUT2D eigenvalue weighted by atomic mass is 19.1. The Morgan fingerprint density at radius 3 is 2.56 bits per heavy atom. The van der Waals surface area contributed by atoms with Crippen LogP contribution in [0.4, 0.5) is 10.3 Å². The highest BCUT2D eigenvalue weighted by Gasteiger charge is 2.48. The van der Waals surface area contributed by atoms with Crippen molar-refractivity contribution in [2.75, 3.05) is 32.1 Å². The third kappa shape index (κ3) is 4.31. The van der Waals surface area contributed by atoms with Gasteiger partial charge in [-0.05, 0) is 44.4 Å². The van der Waals surface area contributed by atoms with Gasteiger partial charge < -0.3 is 14.5 Å². The Kier molecular flexibility index (Phi) is 5.88. The van der Waals surface area contributed by atoms with Crippen LogP contribution in [-0.4, -0.2) is 59.5 Å². The molecule has 0 aliphatic carbocycles. The number of aromatic nitrogens is 2. The zero-order valence-corrected chi connectivity index (χ0v) is 19.0. The Morgan fingerprint density at radius 2 is 1.97 bits per heavy atom. The molecule has 1 unspecified atom stereocenters. The van der Waals surface area contributed by atoms with Crippen molar-refractivity contribution in [3.63, 3.8) is 0 Å². The lowest BCUT2D eigenvalue weighted by Gasteiger charge is -2.36. The Hall–Kier alpha value is -3.03. The van der Waals surface area contributed by atoms with Crippen LogP contribution in [0.3, 0.4) is 0 Å². The summed E-state index contributed by atoms with van der Waals surface area (Å²) in [6, 6.07) is 6.46. The first-order chi connectivity index (χ1) is 15.2. The summed E-state index contributed by atoms with van der Waals surface area (Å²) >= 11 is 0. The van der Waals surface area contributed by atoms with E-state index < -0.39 is 11.5 Å². The number of anilines is 1. The molecule has 0 spiro atoms. The number of esters is 1. The van der Waals surface area contributed by atoms with Gasteiger partial charge in [-0.2, -0.15) is 0 Å². The molecule has 3 heterocycles.